The van der Waals surface area contributed by atoms with E-state index in [2.05, 4.69) is 25.0 Å². The fourth-order valence-electron chi connectivity index (χ4n) is 3.59. The molecule has 5 rings (SSSR count). The third-order valence-electron chi connectivity index (χ3n) is 5.07. The summed E-state index contributed by atoms with van der Waals surface area (Å²) < 4.78 is 7.16. The van der Waals surface area contributed by atoms with Crippen LogP contribution in [0.5, 0.6) is 0 Å². The standard InChI is InChI=1S/C19H19ClN6O2/c1-2-26-10-14-17(24-26)16(20)15(19(27)23-14)18-21-12-4-3-11(9-13(12)22-18)25-5-7-28-8-6-25/h3-4,9-10H,2,5-8H2,1H3,(H,21,22)(H,23,27). The lowest BCUT2D eigenvalue weighted by Gasteiger charge is -2.28. The highest BCUT2D eigenvalue weighted by Crippen LogP contribution is 2.30. The van der Waals surface area contributed by atoms with Crippen molar-refractivity contribution in [1.29, 1.82) is 0 Å². The second-order valence-electron chi connectivity index (χ2n) is 6.78. The molecule has 28 heavy (non-hydrogen) atoms. The third kappa shape index (κ3) is 2.76. The predicted octanol–water partition coefficient (Wildman–Crippen LogP) is 2.78. The molecule has 144 valence electrons. The van der Waals surface area contributed by atoms with Gasteiger partial charge < -0.3 is 19.6 Å². The molecule has 1 aliphatic rings. The molecule has 8 nitrogen and oxygen atoms in total. The smallest absolute Gasteiger partial charge is 0.261 e. The number of morpholine rings is 1. The van der Waals surface area contributed by atoms with Crippen molar-refractivity contribution in [3.63, 3.8) is 0 Å². The molecule has 0 aliphatic carbocycles. The second kappa shape index (κ2) is 6.65. The molecule has 0 amide bonds. The van der Waals surface area contributed by atoms with Gasteiger partial charge in [-0.05, 0) is 25.1 Å². The Labute approximate surface area is 165 Å². The first-order valence-electron chi connectivity index (χ1n) is 9.26. The summed E-state index contributed by atoms with van der Waals surface area (Å²) in [5.74, 6) is 0.438. The van der Waals surface area contributed by atoms with Gasteiger partial charge >= 0.3 is 0 Å². The van der Waals surface area contributed by atoms with E-state index in [1.807, 2.05) is 25.1 Å². The molecule has 4 aromatic rings. The van der Waals surface area contributed by atoms with E-state index in [4.69, 9.17) is 16.3 Å². The largest absolute Gasteiger partial charge is 0.378 e. The molecule has 3 aromatic heterocycles. The number of imidazole rings is 1. The van der Waals surface area contributed by atoms with Crippen LogP contribution >= 0.6 is 11.6 Å². The van der Waals surface area contributed by atoms with Gasteiger partial charge in [0.25, 0.3) is 5.56 Å². The fraction of sp³-hybridized carbons (Fsp3) is 0.316. The minimum Gasteiger partial charge on any atom is -0.378 e. The number of hydrogen-bond donors (Lipinski definition) is 2. The lowest BCUT2D eigenvalue weighted by Crippen LogP contribution is -2.36. The summed E-state index contributed by atoms with van der Waals surface area (Å²) in [5.41, 5.74) is 3.93. The van der Waals surface area contributed by atoms with Gasteiger partial charge in [-0.15, -0.1) is 0 Å². The molecule has 1 fully saturated rings. The van der Waals surface area contributed by atoms with E-state index in [9.17, 15) is 4.79 Å². The van der Waals surface area contributed by atoms with E-state index in [0.29, 0.717) is 34.0 Å². The number of rotatable bonds is 3. The fourth-order valence-corrected chi connectivity index (χ4v) is 3.90. The van der Waals surface area contributed by atoms with Crippen LogP contribution in [0.1, 0.15) is 6.92 Å². The summed E-state index contributed by atoms with van der Waals surface area (Å²) in [5, 5.41) is 4.75. The van der Waals surface area contributed by atoms with E-state index < -0.39 is 0 Å². The Hall–Kier alpha value is -2.84. The summed E-state index contributed by atoms with van der Waals surface area (Å²) in [6, 6.07) is 6.03. The van der Waals surface area contributed by atoms with Crippen molar-refractivity contribution in [1.82, 2.24) is 24.7 Å². The number of benzene rings is 1. The highest BCUT2D eigenvalue weighted by molar-refractivity contribution is 6.37. The lowest BCUT2D eigenvalue weighted by molar-refractivity contribution is 0.122. The van der Waals surface area contributed by atoms with Gasteiger partial charge in [0.1, 0.15) is 16.9 Å². The maximum atomic E-state index is 12.7. The molecule has 0 atom stereocenters. The zero-order chi connectivity index (χ0) is 19.3. The number of aromatic amines is 2. The molecule has 2 N–H and O–H groups in total. The summed E-state index contributed by atoms with van der Waals surface area (Å²) in [6.45, 7) is 5.83. The molecule has 0 saturated carbocycles. The zero-order valence-electron chi connectivity index (χ0n) is 15.3. The van der Waals surface area contributed by atoms with Gasteiger partial charge in [0, 0.05) is 31.5 Å². The van der Waals surface area contributed by atoms with Crippen LogP contribution in [0.15, 0.2) is 29.2 Å². The number of H-pyrrole nitrogens is 2. The lowest BCUT2D eigenvalue weighted by atomic mass is 10.2. The number of ether oxygens (including phenoxy) is 1. The Morgan fingerprint density at radius 3 is 2.82 bits per heavy atom. The van der Waals surface area contributed by atoms with Crippen LogP contribution in [0.2, 0.25) is 5.02 Å². The third-order valence-corrected chi connectivity index (χ3v) is 5.43. The van der Waals surface area contributed by atoms with E-state index in [1.165, 1.54) is 0 Å². The van der Waals surface area contributed by atoms with Crippen molar-refractivity contribution < 1.29 is 4.74 Å². The molecule has 0 spiro atoms. The second-order valence-corrected chi connectivity index (χ2v) is 7.15. The summed E-state index contributed by atoms with van der Waals surface area (Å²) in [6.07, 6.45) is 1.78. The summed E-state index contributed by atoms with van der Waals surface area (Å²) in [7, 11) is 0. The average molecular weight is 399 g/mol. The molecule has 1 aromatic carbocycles. The number of fused-ring (bicyclic) bond motifs is 2. The van der Waals surface area contributed by atoms with Gasteiger partial charge in [-0.3, -0.25) is 9.48 Å². The molecule has 0 unspecified atom stereocenters. The van der Waals surface area contributed by atoms with Gasteiger partial charge in [-0.25, -0.2) is 4.98 Å². The Bertz CT molecular complexity index is 1230. The maximum absolute atomic E-state index is 12.7. The van der Waals surface area contributed by atoms with Crippen molar-refractivity contribution in [2.24, 2.45) is 0 Å². The van der Waals surface area contributed by atoms with Gasteiger partial charge in [-0.1, -0.05) is 11.6 Å². The van der Waals surface area contributed by atoms with E-state index >= 15 is 0 Å². The number of pyridine rings is 1. The highest BCUT2D eigenvalue weighted by Gasteiger charge is 2.19. The minimum absolute atomic E-state index is 0.291. The van der Waals surface area contributed by atoms with Crippen LogP contribution in [-0.2, 0) is 11.3 Å². The quantitative estimate of drug-likeness (QED) is 0.553. The molecule has 0 radical (unpaired) electrons. The van der Waals surface area contributed by atoms with Crippen LogP contribution in [0.25, 0.3) is 33.5 Å². The molecule has 1 saturated heterocycles. The normalized spacial score (nSPS) is 15.0. The number of hydrogen-bond acceptors (Lipinski definition) is 5. The van der Waals surface area contributed by atoms with Crippen LogP contribution in [-0.4, -0.2) is 51.0 Å². The molecule has 4 heterocycles. The molecule has 0 bridgehead atoms. The Balaban J connectivity index is 1.61. The van der Waals surface area contributed by atoms with Gasteiger partial charge in [-0.2, -0.15) is 5.10 Å². The first-order chi connectivity index (χ1) is 13.6. The topological polar surface area (TPSA) is 91.8 Å². The van der Waals surface area contributed by atoms with Crippen LogP contribution in [0.3, 0.4) is 0 Å². The predicted molar refractivity (Wildman–Crippen MR) is 109 cm³/mol. The zero-order valence-corrected chi connectivity index (χ0v) is 16.1. The monoisotopic (exact) mass is 398 g/mol. The number of anilines is 1. The SMILES string of the molecule is CCn1cc2[nH]c(=O)c(-c3nc4ccc(N5CCOCC5)cc4[nH]3)c(Cl)c2n1. The first kappa shape index (κ1) is 17.3. The van der Waals surface area contributed by atoms with E-state index in [1.54, 1.807) is 10.9 Å². The van der Waals surface area contributed by atoms with Gasteiger partial charge in [0.05, 0.1) is 34.8 Å². The number of aromatic nitrogens is 5. The highest BCUT2D eigenvalue weighted by atomic mass is 35.5. The van der Waals surface area contributed by atoms with Gasteiger partial charge in [0.2, 0.25) is 0 Å². The number of nitrogens with zero attached hydrogens (tertiary/aromatic N) is 4. The van der Waals surface area contributed by atoms with Crippen molar-refractivity contribution in [2.45, 2.75) is 13.5 Å². The van der Waals surface area contributed by atoms with Crippen LogP contribution in [0.4, 0.5) is 5.69 Å². The number of nitrogens with one attached hydrogen (secondary N) is 2. The molecule has 9 heteroatoms. The van der Waals surface area contributed by atoms with Gasteiger partial charge in [0.15, 0.2) is 0 Å². The number of aryl methyl sites for hydroxylation is 1. The number of halogens is 1. The van der Waals surface area contributed by atoms with E-state index in [0.717, 1.165) is 43.0 Å². The van der Waals surface area contributed by atoms with Crippen molar-refractivity contribution in [3.8, 4) is 11.4 Å². The Morgan fingerprint density at radius 1 is 1.21 bits per heavy atom. The summed E-state index contributed by atoms with van der Waals surface area (Å²) in [4.78, 5) is 25.6. The summed E-state index contributed by atoms with van der Waals surface area (Å²) >= 11 is 6.55. The van der Waals surface area contributed by atoms with Crippen molar-refractivity contribution >= 4 is 39.4 Å². The average Bonchev–Trinajstić information content (AvgIpc) is 3.31. The molecular formula is C19H19ClN6O2. The molecule has 1 aliphatic heterocycles. The van der Waals surface area contributed by atoms with Crippen molar-refractivity contribution in [2.75, 3.05) is 31.2 Å². The van der Waals surface area contributed by atoms with Crippen molar-refractivity contribution in [3.05, 3.63) is 39.8 Å². The van der Waals surface area contributed by atoms with Crippen LogP contribution in [0, 0.1) is 0 Å². The first-order valence-corrected chi connectivity index (χ1v) is 9.63. The molecular weight excluding hydrogens is 380 g/mol. The Morgan fingerprint density at radius 2 is 2.04 bits per heavy atom. The van der Waals surface area contributed by atoms with Crippen LogP contribution < -0.4 is 10.5 Å². The maximum Gasteiger partial charge on any atom is 0.261 e. The Kier molecular flexibility index (Phi) is 4.10. The van der Waals surface area contributed by atoms with E-state index in [-0.39, 0.29) is 5.56 Å². The minimum atomic E-state index is -0.291.